The lowest BCUT2D eigenvalue weighted by molar-refractivity contribution is -0.133. The molecule has 1 aliphatic heterocycles. The van der Waals surface area contributed by atoms with Gasteiger partial charge in [0.25, 0.3) is 0 Å². The molecule has 30 heavy (non-hydrogen) atoms. The molecule has 1 aliphatic rings. The highest BCUT2D eigenvalue weighted by atomic mass is 35.5. The van der Waals surface area contributed by atoms with Gasteiger partial charge < -0.3 is 14.5 Å². The molecule has 0 unspecified atom stereocenters. The normalized spacial score (nSPS) is 16.6. The smallest absolute Gasteiger partial charge is 0.224 e. The van der Waals surface area contributed by atoms with E-state index in [2.05, 4.69) is 28.7 Å². The van der Waals surface area contributed by atoms with Gasteiger partial charge in [0.1, 0.15) is 23.7 Å². The average molecular weight is 435 g/mol. The second kappa shape index (κ2) is 10.6. The topological polar surface area (TPSA) is 58.6 Å². The van der Waals surface area contributed by atoms with Gasteiger partial charge in [0, 0.05) is 44.2 Å². The molecule has 1 aromatic carbocycles. The van der Waals surface area contributed by atoms with Crippen molar-refractivity contribution in [1.82, 2.24) is 14.9 Å². The zero-order valence-electron chi connectivity index (χ0n) is 17.5. The minimum atomic E-state index is -0.501. The number of carbonyl (C=O) groups excluding carboxylic acids is 1. The minimum Gasteiger partial charge on any atom is -0.439 e. The first kappa shape index (κ1) is 22.3. The predicted octanol–water partition coefficient (Wildman–Crippen LogP) is 5.07. The van der Waals surface area contributed by atoms with E-state index < -0.39 is 5.82 Å². The number of anilines is 1. The molecule has 0 N–H and O–H groups in total. The van der Waals surface area contributed by atoms with E-state index in [1.807, 2.05) is 4.90 Å². The Hall–Kier alpha value is -2.41. The molecule has 0 bridgehead atoms. The number of rotatable bonds is 8. The van der Waals surface area contributed by atoms with E-state index in [1.54, 1.807) is 6.07 Å². The molecular formula is C22H28ClFN4O2. The Kier molecular flexibility index (Phi) is 7.85. The van der Waals surface area contributed by atoms with Crippen molar-refractivity contribution in [3.63, 3.8) is 0 Å². The molecule has 1 aromatic heterocycles. The van der Waals surface area contributed by atoms with Crippen molar-refractivity contribution in [2.45, 2.75) is 52.0 Å². The van der Waals surface area contributed by atoms with Crippen LogP contribution in [0.25, 0.3) is 0 Å². The van der Waals surface area contributed by atoms with Crippen molar-refractivity contribution >= 4 is 23.3 Å². The first-order valence-corrected chi connectivity index (χ1v) is 10.8. The molecular weight excluding hydrogens is 407 g/mol. The Balaban J connectivity index is 1.59. The highest BCUT2D eigenvalue weighted by molar-refractivity contribution is 6.30. The number of piperazine rings is 1. The number of nitrogens with zero attached hydrogens (tertiary/aromatic N) is 4. The zero-order valence-corrected chi connectivity index (χ0v) is 18.2. The van der Waals surface area contributed by atoms with Gasteiger partial charge in [-0.2, -0.15) is 0 Å². The number of unbranched alkanes of at least 4 members (excludes halogenated alkanes) is 3. The third kappa shape index (κ3) is 5.81. The number of aromatic nitrogens is 2. The van der Waals surface area contributed by atoms with Gasteiger partial charge in [0.2, 0.25) is 11.8 Å². The SMILES string of the molecule is CCCCCCC(=O)N1CCN(c2cc(Oc3ccc(F)c(Cl)c3)ncn2)C[C@H]1C. The molecule has 8 heteroatoms. The fraction of sp³-hybridized carbons (Fsp3) is 0.500. The Bertz CT molecular complexity index is 867. The molecule has 2 aromatic rings. The summed E-state index contributed by atoms with van der Waals surface area (Å²) in [5.74, 6) is 1.22. The van der Waals surface area contributed by atoms with Gasteiger partial charge in [-0.05, 0) is 25.5 Å². The molecule has 0 spiro atoms. The zero-order chi connectivity index (χ0) is 21.5. The summed E-state index contributed by atoms with van der Waals surface area (Å²) in [6.45, 7) is 6.29. The van der Waals surface area contributed by atoms with E-state index in [1.165, 1.54) is 37.4 Å². The van der Waals surface area contributed by atoms with Gasteiger partial charge in [0.05, 0.1) is 5.02 Å². The van der Waals surface area contributed by atoms with Crippen LogP contribution in [0.4, 0.5) is 10.2 Å². The summed E-state index contributed by atoms with van der Waals surface area (Å²) in [7, 11) is 0. The largest absolute Gasteiger partial charge is 0.439 e. The van der Waals surface area contributed by atoms with Crippen molar-refractivity contribution < 1.29 is 13.9 Å². The summed E-state index contributed by atoms with van der Waals surface area (Å²) in [5.41, 5.74) is 0. The quantitative estimate of drug-likeness (QED) is 0.543. The van der Waals surface area contributed by atoms with Crippen LogP contribution in [0.2, 0.25) is 5.02 Å². The van der Waals surface area contributed by atoms with E-state index in [0.717, 1.165) is 18.7 Å². The fourth-order valence-electron chi connectivity index (χ4n) is 3.60. The first-order chi connectivity index (χ1) is 14.5. The lowest BCUT2D eigenvalue weighted by Gasteiger charge is -2.40. The maximum Gasteiger partial charge on any atom is 0.224 e. The second-order valence-electron chi connectivity index (χ2n) is 7.59. The number of amides is 1. The number of hydrogen-bond donors (Lipinski definition) is 0. The molecule has 1 fully saturated rings. The summed E-state index contributed by atoms with van der Waals surface area (Å²) in [4.78, 5) is 25.1. The van der Waals surface area contributed by atoms with Crippen LogP contribution < -0.4 is 9.64 Å². The minimum absolute atomic E-state index is 0.00825. The maximum atomic E-state index is 13.3. The van der Waals surface area contributed by atoms with Crippen molar-refractivity contribution in [3.05, 3.63) is 41.4 Å². The molecule has 0 saturated carbocycles. The van der Waals surface area contributed by atoms with E-state index >= 15 is 0 Å². The van der Waals surface area contributed by atoms with Crippen LogP contribution >= 0.6 is 11.6 Å². The van der Waals surface area contributed by atoms with Crippen LogP contribution in [0.3, 0.4) is 0 Å². The van der Waals surface area contributed by atoms with Crippen LogP contribution in [0.5, 0.6) is 11.6 Å². The predicted molar refractivity (Wildman–Crippen MR) is 116 cm³/mol. The summed E-state index contributed by atoms with van der Waals surface area (Å²) in [6, 6.07) is 6.00. The van der Waals surface area contributed by atoms with Crippen LogP contribution in [0.1, 0.15) is 46.0 Å². The highest BCUT2D eigenvalue weighted by Crippen LogP contribution is 2.27. The standard InChI is InChI=1S/C22H28ClFN4O2/c1-3-4-5-6-7-22(29)28-11-10-27(14-16(28)2)20-13-21(26-15-25-20)30-17-8-9-19(24)18(23)12-17/h8-9,12-13,15-16H,3-7,10-11,14H2,1-2H3/t16-/m1/s1. The number of hydrogen-bond acceptors (Lipinski definition) is 5. The number of carbonyl (C=O) groups is 1. The van der Waals surface area contributed by atoms with E-state index in [-0.39, 0.29) is 17.0 Å². The Labute approximate surface area is 182 Å². The molecule has 2 heterocycles. The van der Waals surface area contributed by atoms with Crippen LogP contribution in [-0.2, 0) is 4.79 Å². The first-order valence-electron chi connectivity index (χ1n) is 10.5. The molecule has 0 radical (unpaired) electrons. The van der Waals surface area contributed by atoms with Crippen LogP contribution in [-0.4, -0.2) is 46.5 Å². The lowest BCUT2D eigenvalue weighted by Crippen LogP contribution is -2.54. The summed E-state index contributed by atoms with van der Waals surface area (Å²) >= 11 is 5.81. The molecule has 0 aliphatic carbocycles. The third-order valence-electron chi connectivity index (χ3n) is 5.26. The number of ether oxygens (including phenoxy) is 1. The van der Waals surface area contributed by atoms with Crippen molar-refractivity contribution in [2.75, 3.05) is 24.5 Å². The molecule has 1 amide bonds. The van der Waals surface area contributed by atoms with Gasteiger partial charge in [-0.25, -0.2) is 14.4 Å². The third-order valence-corrected chi connectivity index (χ3v) is 5.55. The van der Waals surface area contributed by atoms with Gasteiger partial charge in [-0.1, -0.05) is 37.8 Å². The van der Waals surface area contributed by atoms with Crippen LogP contribution in [0.15, 0.2) is 30.6 Å². The maximum absolute atomic E-state index is 13.3. The Morgan fingerprint density at radius 1 is 1.23 bits per heavy atom. The van der Waals surface area contributed by atoms with Crippen molar-refractivity contribution in [3.8, 4) is 11.6 Å². The Morgan fingerprint density at radius 3 is 2.80 bits per heavy atom. The van der Waals surface area contributed by atoms with Gasteiger partial charge >= 0.3 is 0 Å². The summed E-state index contributed by atoms with van der Waals surface area (Å²) < 4.78 is 19.0. The van der Waals surface area contributed by atoms with Gasteiger partial charge in [-0.15, -0.1) is 0 Å². The summed E-state index contributed by atoms with van der Waals surface area (Å²) in [6.07, 6.45) is 6.47. The molecule has 1 saturated heterocycles. The van der Waals surface area contributed by atoms with E-state index in [9.17, 15) is 9.18 Å². The lowest BCUT2D eigenvalue weighted by atomic mass is 10.1. The molecule has 1 atom stereocenters. The highest BCUT2D eigenvalue weighted by Gasteiger charge is 2.27. The number of benzene rings is 1. The van der Waals surface area contributed by atoms with Crippen molar-refractivity contribution in [2.24, 2.45) is 0 Å². The van der Waals surface area contributed by atoms with E-state index in [0.29, 0.717) is 37.7 Å². The van der Waals surface area contributed by atoms with Crippen molar-refractivity contribution in [1.29, 1.82) is 0 Å². The van der Waals surface area contributed by atoms with E-state index in [4.69, 9.17) is 16.3 Å². The second-order valence-corrected chi connectivity index (χ2v) is 7.99. The fourth-order valence-corrected chi connectivity index (χ4v) is 3.77. The molecule has 6 nitrogen and oxygen atoms in total. The molecule has 3 rings (SSSR count). The van der Waals surface area contributed by atoms with Gasteiger partial charge in [-0.3, -0.25) is 4.79 Å². The van der Waals surface area contributed by atoms with Crippen LogP contribution in [0, 0.1) is 5.82 Å². The van der Waals surface area contributed by atoms with Gasteiger partial charge in [0.15, 0.2) is 0 Å². The summed E-state index contributed by atoms with van der Waals surface area (Å²) in [5, 5.41) is -0.00825. The average Bonchev–Trinajstić information content (AvgIpc) is 2.74. The molecule has 162 valence electrons. The Morgan fingerprint density at radius 2 is 2.07 bits per heavy atom. The number of halogens is 2. The monoisotopic (exact) mass is 434 g/mol.